The van der Waals surface area contributed by atoms with Crippen LogP contribution < -0.4 is 5.73 Å². The van der Waals surface area contributed by atoms with Crippen LogP contribution in [0, 0.1) is 0 Å². The van der Waals surface area contributed by atoms with E-state index in [1.54, 1.807) is 24.3 Å². The molecule has 2 N–H and O–H groups in total. The van der Waals surface area contributed by atoms with Gasteiger partial charge in [0, 0.05) is 16.7 Å². The van der Waals surface area contributed by atoms with E-state index in [0.717, 1.165) is 11.1 Å². The van der Waals surface area contributed by atoms with E-state index in [1.807, 2.05) is 12.1 Å². The van der Waals surface area contributed by atoms with Crippen molar-refractivity contribution in [2.75, 3.05) is 0 Å². The van der Waals surface area contributed by atoms with Crippen molar-refractivity contribution < 1.29 is 9.32 Å². The number of rotatable bonds is 6. The Hall–Kier alpha value is -3.88. The minimum atomic E-state index is -0.487. The number of benzene rings is 2. The zero-order valence-corrected chi connectivity index (χ0v) is 16.0. The molecule has 0 bridgehead atoms. The zero-order chi connectivity index (χ0) is 20.4. The molecular weight excluding hydrogens is 370 g/mol. The Morgan fingerprint density at radius 2 is 1.69 bits per heavy atom. The van der Waals surface area contributed by atoms with Gasteiger partial charge in [-0.25, -0.2) is 0 Å². The lowest BCUT2D eigenvalue weighted by molar-refractivity contribution is 0.100. The summed E-state index contributed by atoms with van der Waals surface area (Å²) in [6.45, 7) is 4.49. The molecule has 0 saturated carbocycles. The number of carbonyl (C=O) groups is 1. The van der Waals surface area contributed by atoms with Gasteiger partial charge in [-0.2, -0.15) is 9.78 Å². The predicted octanol–water partition coefficient (Wildman–Crippen LogP) is 2.66. The Morgan fingerprint density at radius 1 is 1.03 bits per heavy atom. The SMILES string of the molecule is CC(C)c1ccc(-c2noc(Cn3nnc(-c4ccc(C(N)=O)cc4)n3)n2)cc1. The maximum absolute atomic E-state index is 11.2. The third kappa shape index (κ3) is 4.03. The largest absolute Gasteiger partial charge is 0.366 e. The minimum Gasteiger partial charge on any atom is -0.366 e. The lowest BCUT2D eigenvalue weighted by Gasteiger charge is -2.04. The molecule has 0 fully saturated rings. The lowest BCUT2D eigenvalue weighted by Crippen LogP contribution is -2.10. The van der Waals surface area contributed by atoms with E-state index in [9.17, 15) is 4.79 Å². The van der Waals surface area contributed by atoms with Crippen LogP contribution in [0.2, 0.25) is 0 Å². The molecule has 0 aliphatic carbocycles. The summed E-state index contributed by atoms with van der Waals surface area (Å²) in [7, 11) is 0. The van der Waals surface area contributed by atoms with Crippen LogP contribution in [0.5, 0.6) is 0 Å². The van der Waals surface area contributed by atoms with Gasteiger partial charge in [-0.05, 0) is 28.8 Å². The molecule has 0 aliphatic rings. The molecule has 0 aliphatic heterocycles. The Bertz CT molecular complexity index is 1130. The first-order valence-corrected chi connectivity index (χ1v) is 9.10. The standard InChI is InChI=1S/C20H19N7O2/c1-12(2)13-3-7-15(8-4-13)19-22-17(29-25-19)11-27-24-20(23-26-27)16-9-5-14(6-10-16)18(21)28/h3-10,12H,11H2,1-2H3,(H2,21,28). The van der Waals surface area contributed by atoms with Crippen molar-refractivity contribution in [3.8, 4) is 22.8 Å². The molecule has 146 valence electrons. The van der Waals surface area contributed by atoms with Crippen molar-refractivity contribution in [3.05, 3.63) is 65.5 Å². The van der Waals surface area contributed by atoms with Crippen LogP contribution in [-0.4, -0.2) is 36.3 Å². The van der Waals surface area contributed by atoms with Crippen molar-refractivity contribution >= 4 is 5.91 Å². The molecule has 0 saturated heterocycles. The first-order chi connectivity index (χ1) is 14.0. The number of primary amides is 1. The Morgan fingerprint density at radius 3 is 2.34 bits per heavy atom. The second-order valence-electron chi connectivity index (χ2n) is 6.87. The van der Waals surface area contributed by atoms with Crippen LogP contribution in [0.1, 0.15) is 41.6 Å². The summed E-state index contributed by atoms with van der Waals surface area (Å²) in [4.78, 5) is 16.9. The molecule has 1 amide bonds. The first-order valence-electron chi connectivity index (χ1n) is 9.10. The Balaban J connectivity index is 1.47. The molecule has 4 aromatic rings. The molecule has 0 unspecified atom stereocenters. The topological polar surface area (TPSA) is 126 Å². The summed E-state index contributed by atoms with van der Waals surface area (Å²) in [5.74, 6) is 1.28. The van der Waals surface area contributed by atoms with Crippen LogP contribution in [0.25, 0.3) is 22.8 Å². The summed E-state index contributed by atoms with van der Waals surface area (Å²) < 4.78 is 5.32. The van der Waals surface area contributed by atoms with Crippen molar-refractivity contribution in [1.82, 2.24) is 30.3 Å². The quantitative estimate of drug-likeness (QED) is 0.537. The van der Waals surface area contributed by atoms with Gasteiger partial charge in [0.25, 0.3) is 5.89 Å². The predicted molar refractivity (Wildman–Crippen MR) is 105 cm³/mol. The molecule has 9 heteroatoms. The smallest absolute Gasteiger partial charge is 0.250 e. The number of hydrogen-bond acceptors (Lipinski definition) is 7. The number of carbonyl (C=O) groups excluding carboxylic acids is 1. The number of amides is 1. The number of tetrazole rings is 1. The van der Waals surface area contributed by atoms with Gasteiger partial charge in [0.2, 0.25) is 17.6 Å². The summed E-state index contributed by atoms with van der Waals surface area (Å²) in [6, 6.07) is 14.7. The molecule has 0 atom stereocenters. The third-order valence-electron chi connectivity index (χ3n) is 4.46. The van der Waals surface area contributed by atoms with Crippen molar-refractivity contribution in [2.45, 2.75) is 26.3 Å². The average Bonchev–Trinajstić information content (AvgIpc) is 3.38. The number of aromatic nitrogens is 6. The molecular formula is C20H19N7O2. The van der Waals surface area contributed by atoms with Crippen molar-refractivity contribution in [1.29, 1.82) is 0 Å². The summed E-state index contributed by atoms with van der Waals surface area (Å²) in [5, 5.41) is 16.4. The number of hydrogen-bond donors (Lipinski definition) is 1. The number of nitrogens with zero attached hydrogens (tertiary/aromatic N) is 6. The van der Waals surface area contributed by atoms with Gasteiger partial charge in [-0.15, -0.1) is 10.2 Å². The highest BCUT2D eigenvalue weighted by molar-refractivity contribution is 5.93. The minimum absolute atomic E-state index is 0.198. The fourth-order valence-electron chi connectivity index (χ4n) is 2.78. The van der Waals surface area contributed by atoms with Crippen LogP contribution >= 0.6 is 0 Å². The van der Waals surface area contributed by atoms with Crippen molar-refractivity contribution in [3.63, 3.8) is 0 Å². The highest BCUT2D eigenvalue weighted by Gasteiger charge is 2.13. The van der Waals surface area contributed by atoms with E-state index in [-0.39, 0.29) is 6.54 Å². The van der Waals surface area contributed by atoms with E-state index < -0.39 is 5.91 Å². The normalized spacial score (nSPS) is 11.1. The van der Waals surface area contributed by atoms with E-state index in [0.29, 0.717) is 29.0 Å². The van der Waals surface area contributed by atoms with Gasteiger partial charge in [0.05, 0.1) is 0 Å². The summed E-state index contributed by atoms with van der Waals surface area (Å²) in [6.07, 6.45) is 0. The molecule has 9 nitrogen and oxygen atoms in total. The fraction of sp³-hybridized carbons (Fsp3) is 0.200. The molecule has 2 heterocycles. The third-order valence-corrected chi connectivity index (χ3v) is 4.46. The molecule has 0 radical (unpaired) electrons. The molecule has 29 heavy (non-hydrogen) atoms. The van der Waals surface area contributed by atoms with Crippen LogP contribution in [0.15, 0.2) is 53.1 Å². The van der Waals surface area contributed by atoms with E-state index in [2.05, 4.69) is 51.5 Å². The molecule has 4 rings (SSSR count). The van der Waals surface area contributed by atoms with E-state index >= 15 is 0 Å². The number of nitrogens with two attached hydrogens (primary N) is 1. The summed E-state index contributed by atoms with van der Waals surface area (Å²) >= 11 is 0. The van der Waals surface area contributed by atoms with Crippen LogP contribution in [-0.2, 0) is 6.54 Å². The van der Waals surface area contributed by atoms with Gasteiger partial charge in [0.1, 0.15) is 6.54 Å². The fourth-order valence-corrected chi connectivity index (χ4v) is 2.78. The van der Waals surface area contributed by atoms with Crippen LogP contribution in [0.4, 0.5) is 0 Å². The van der Waals surface area contributed by atoms with Crippen molar-refractivity contribution in [2.24, 2.45) is 5.73 Å². The second kappa shape index (κ2) is 7.63. The van der Waals surface area contributed by atoms with Gasteiger partial charge in [0.15, 0.2) is 0 Å². The maximum Gasteiger partial charge on any atom is 0.250 e. The van der Waals surface area contributed by atoms with Gasteiger partial charge in [-0.3, -0.25) is 4.79 Å². The lowest BCUT2D eigenvalue weighted by atomic mass is 10.0. The van der Waals surface area contributed by atoms with Gasteiger partial charge < -0.3 is 10.3 Å². The highest BCUT2D eigenvalue weighted by Crippen LogP contribution is 2.21. The Kier molecular flexibility index (Phi) is 4.86. The Labute approximate surface area is 166 Å². The first kappa shape index (κ1) is 18.5. The van der Waals surface area contributed by atoms with Gasteiger partial charge in [-0.1, -0.05) is 55.4 Å². The average molecular weight is 389 g/mol. The van der Waals surface area contributed by atoms with Crippen LogP contribution in [0.3, 0.4) is 0 Å². The molecule has 2 aromatic carbocycles. The summed E-state index contributed by atoms with van der Waals surface area (Å²) in [5.41, 5.74) is 8.52. The monoisotopic (exact) mass is 389 g/mol. The second-order valence-corrected chi connectivity index (χ2v) is 6.87. The van der Waals surface area contributed by atoms with E-state index in [1.165, 1.54) is 10.4 Å². The highest BCUT2D eigenvalue weighted by atomic mass is 16.5. The molecule has 2 aromatic heterocycles. The zero-order valence-electron chi connectivity index (χ0n) is 16.0. The van der Waals surface area contributed by atoms with E-state index in [4.69, 9.17) is 10.3 Å². The van der Waals surface area contributed by atoms with Gasteiger partial charge >= 0.3 is 0 Å². The maximum atomic E-state index is 11.2. The molecule has 0 spiro atoms.